The van der Waals surface area contributed by atoms with Crippen LogP contribution in [0.1, 0.15) is 41.6 Å². The molecule has 0 heterocycles. The van der Waals surface area contributed by atoms with Gasteiger partial charge in [0.25, 0.3) is 0 Å². The van der Waals surface area contributed by atoms with Gasteiger partial charge in [-0.2, -0.15) is 0 Å². The molecule has 0 aliphatic heterocycles. The SMILES string of the molecule is CCCNC(c1cc(C)cc(C)c1)c1ccc(F)cc1F. The smallest absolute Gasteiger partial charge is 0.131 e. The number of hydrogen-bond acceptors (Lipinski definition) is 1. The minimum absolute atomic E-state index is 0.260. The molecule has 0 saturated carbocycles. The Morgan fingerprint density at radius 2 is 1.67 bits per heavy atom. The molecular weight excluding hydrogens is 268 g/mol. The summed E-state index contributed by atoms with van der Waals surface area (Å²) in [6, 6.07) is 9.69. The zero-order valence-corrected chi connectivity index (χ0v) is 12.7. The molecule has 2 aromatic rings. The van der Waals surface area contributed by atoms with Gasteiger partial charge in [-0.25, -0.2) is 8.78 Å². The zero-order valence-electron chi connectivity index (χ0n) is 12.7. The Morgan fingerprint density at radius 1 is 1.00 bits per heavy atom. The van der Waals surface area contributed by atoms with Gasteiger partial charge in [0.15, 0.2) is 0 Å². The Labute approximate surface area is 125 Å². The number of aryl methyl sites for hydroxylation is 2. The Bertz CT molecular complexity index is 602. The van der Waals surface area contributed by atoms with Gasteiger partial charge in [0.05, 0.1) is 6.04 Å². The maximum absolute atomic E-state index is 14.1. The highest BCUT2D eigenvalue weighted by Gasteiger charge is 2.18. The molecule has 0 bridgehead atoms. The van der Waals surface area contributed by atoms with Crippen molar-refractivity contribution in [3.8, 4) is 0 Å². The fourth-order valence-corrected chi connectivity index (χ4v) is 2.61. The Morgan fingerprint density at radius 3 is 2.24 bits per heavy atom. The van der Waals surface area contributed by atoms with E-state index in [4.69, 9.17) is 0 Å². The summed E-state index contributed by atoms with van der Waals surface area (Å²) in [5.74, 6) is -1.06. The minimum Gasteiger partial charge on any atom is -0.306 e. The molecular formula is C18H21F2N. The first-order valence-corrected chi connectivity index (χ1v) is 7.27. The van der Waals surface area contributed by atoms with E-state index in [1.54, 1.807) is 0 Å². The lowest BCUT2D eigenvalue weighted by atomic mass is 9.95. The molecule has 2 rings (SSSR count). The lowest BCUT2D eigenvalue weighted by Crippen LogP contribution is -2.24. The topological polar surface area (TPSA) is 12.0 Å². The molecule has 1 N–H and O–H groups in total. The molecule has 0 aromatic heterocycles. The van der Waals surface area contributed by atoms with Gasteiger partial charge in [-0.05, 0) is 38.4 Å². The van der Waals surface area contributed by atoms with Crippen molar-refractivity contribution < 1.29 is 8.78 Å². The van der Waals surface area contributed by atoms with Gasteiger partial charge in [0.2, 0.25) is 0 Å². The van der Waals surface area contributed by atoms with E-state index in [1.165, 1.54) is 12.1 Å². The number of rotatable bonds is 5. The van der Waals surface area contributed by atoms with E-state index in [9.17, 15) is 8.78 Å². The lowest BCUT2D eigenvalue weighted by Gasteiger charge is -2.21. The summed E-state index contributed by atoms with van der Waals surface area (Å²) in [5.41, 5.74) is 3.76. The molecule has 3 heteroatoms. The van der Waals surface area contributed by atoms with Crippen LogP contribution in [-0.4, -0.2) is 6.54 Å². The molecule has 112 valence electrons. The second kappa shape index (κ2) is 6.81. The monoisotopic (exact) mass is 289 g/mol. The molecule has 1 nitrogen and oxygen atoms in total. The highest BCUT2D eigenvalue weighted by Crippen LogP contribution is 2.26. The molecule has 0 amide bonds. The average Bonchev–Trinajstić information content (AvgIpc) is 2.40. The molecule has 0 fully saturated rings. The van der Waals surface area contributed by atoms with E-state index in [-0.39, 0.29) is 6.04 Å². The molecule has 0 radical (unpaired) electrons. The van der Waals surface area contributed by atoms with Crippen molar-refractivity contribution in [3.63, 3.8) is 0 Å². The third-order valence-electron chi connectivity index (χ3n) is 3.45. The van der Waals surface area contributed by atoms with Crippen molar-refractivity contribution in [3.05, 3.63) is 70.3 Å². The van der Waals surface area contributed by atoms with Gasteiger partial charge in [0, 0.05) is 11.6 Å². The van der Waals surface area contributed by atoms with E-state index in [0.29, 0.717) is 5.56 Å². The number of benzene rings is 2. The number of halogens is 2. The first-order chi connectivity index (χ1) is 10.0. The summed E-state index contributed by atoms with van der Waals surface area (Å²) in [7, 11) is 0. The van der Waals surface area contributed by atoms with Crippen LogP contribution in [0.15, 0.2) is 36.4 Å². The predicted molar refractivity (Wildman–Crippen MR) is 82.4 cm³/mol. The summed E-state index contributed by atoms with van der Waals surface area (Å²) in [6.07, 6.45) is 0.949. The second-order valence-electron chi connectivity index (χ2n) is 5.47. The third kappa shape index (κ3) is 3.88. The Balaban J connectivity index is 2.46. The van der Waals surface area contributed by atoms with Crippen LogP contribution in [0.5, 0.6) is 0 Å². The molecule has 2 aromatic carbocycles. The average molecular weight is 289 g/mol. The molecule has 0 spiro atoms. The van der Waals surface area contributed by atoms with Crippen LogP contribution in [0.25, 0.3) is 0 Å². The Kier molecular flexibility index (Phi) is 5.07. The van der Waals surface area contributed by atoms with Gasteiger partial charge in [-0.15, -0.1) is 0 Å². The molecule has 0 aliphatic carbocycles. The van der Waals surface area contributed by atoms with Crippen LogP contribution >= 0.6 is 0 Å². The summed E-state index contributed by atoms with van der Waals surface area (Å²) in [6.45, 7) is 6.88. The molecule has 21 heavy (non-hydrogen) atoms. The van der Waals surface area contributed by atoms with E-state index in [0.717, 1.165) is 35.7 Å². The number of hydrogen-bond donors (Lipinski definition) is 1. The maximum Gasteiger partial charge on any atom is 0.131 e. The van der Waals surface area contributed by atoms with Gasteiger partial charge < -0.3 is 5.32 Å². The first kappa shape index (κ1) is 15.6. The van der Waals surface area contributed by atoms with Gasteiger partial charge in [-0.3, -0.25) is 0 Å². The van der Waals surface area contributed by atoms with E-state index < -0.39 is 11.6 Å². The highest BCUT2D eigenvalue weighted by molar-refractivity contribution is 5.37. The van der Waals surface area contributed by atoms with Gasteiger partial charge >= 0.3 is 0 Å². The van der Waals surface area contributed by atoms with E-state index >= 15 is 0 Å². The summed E-state index contributed by atoms with van der Waals surface area (Å²) in [5, 5.41) is 3.35. The molecule has 0 aliphatic rings. The van der Waals surface area contributed by atoms with Crippen LogP contribution < -0.4 is 5.32 Å². The van der Waals surface area contributed by atoms with Crippen molar-refractivity contribution in [1.29, 1.82) is 0 Å². The fourth-order valence-electron chi connectivity index (χ4n) is 2.61. The summed E-state index contributed by atoms with van der Waals surface area (Å²) >= 11 is 0. The highest BCUT2D eigenvalue weighted by atomic mass is 19.1. The second-order valence-corrected chi connectivity index (χ2v) is 5.47. The maximum atomic E-state index is 14.1. The van der Waals surface area contributed by atoms with E-state index in [2.05, 4.69) is 18.3 Å². The van der Waals surface area contributed by atoms with E-state index in [1.807, 2.05) is 26.0 Å². The third-order valence-corrected chi connectivity index (χ3v) is 3.45. The van der Waals surface area contributed by atoms with Crippen molar-refractivity contribution in [2.75, 3.05) is 6.54 Å². The van der Waals surface area contributed by atoms with Crippen molar-refractivity contribution in [2.45, 2.75) is 33.2 Å². The van der Waals surface area contributed by atoms with Gasteiger partial charge in [-0.1, -0.05) is 42.3 Å². The van der Waals surface area contributed by atoms with Crippen LogP contribution in [0.3, 0.4) is 0 Å². The fraction of sp³-hybridized carbons (Fsp3) is 0.333. The number of nitrogens with one attached hydrogen (secondary N) is 1. The Hall–Kier alpha value is -1.74. The molecule has 1 unspecified atom stereocenters. The normalized spacial score (nSPS) is 12.4. The molecule has 0 saturated heterocycles. The van der Waals surface area contributed by atoms with Gasteiger partial charge in [0.1, 0.15) is 11.6 Å². The lowest BCUT2D eigenvalue weighted by molar-refractivity contribution is 0.532. The largest absolute Gasteiger partial charge is 0.306 e. The van der Waals surface area contributed by atoms with Crippen LogP contribution in [0, 0.1) is 25.5 Å². The van der Waals surface area contributed by atoms with Crippen LogP contribution in [-0.2, 0) is 0 Å². The first-order valence-electron chi connectivity index (χ1n) is 7.27. The predicted octanol–water partition coefficient (Wildman–Crippen LogP) is 4.67. The molecule has 1 atom stereocenters. The minimum atomic E-state index is -0.550. The summed E-state index contributed by atoms with van der Waals surface area (Å²) < 4.78 is 27.3. The van der Waals surface area contributed by atoms with Crippen molar-refractivity contribution >= 4 is 0 Å². The standard InChI is InChI=1S/C18H21F2N/c1-4-7-21-18(14-9-12(2)8-13(3)10-14)16-6-5-15(19)11-17(16)20/h5-6,8-11,18,21H,4,7H2,1-3H3. The quantitative estimate of drug-likeness (QED) is 0.843. The van der Waals surface area contributed by atoms with Crippen LogP contribution in [0.2, 0.25) is 0 Å². The van der Waals surface area contributed by atoms with Crippen molar-refractivity contribution in [2.24, 2.45) is 0 Å². The summed E-state index contributed by atoms with van der Waals surface area (Å²) in [4.78, 5) is 0. The zero-order chi connectivity index (χ0) is 15.4. The van der Waals surface area contributed by atoms with Crippen molar-refractivity contribution in [1.82, 2.24) is 5.32 Å². The van der Waals surface area contributed by atoms with Crippen LogP contribution in [0.4, 0.5) is 8.78 Å².